The Morgan fingerprint density at radius 2 is 1.56 bits per heavy atom. The number of hydrogen-bond acceptors (Lipinski definition) is 4. The second kappa shape index (κ2) is 9.46. The van der Waals surface area contributed by atoms with Crippen LogP contribution in [0.25, 0.3) is 10.9 Å². The number of rotatable bonds is 4. The van der Waals surface area contributed by atoms with Crippen molar-refractivity contribution in [3.8, 4) is 0 Å². The normalized spacial score (nSPS) is 13.7. The van der Waals surface area contributed by atoms with Crippen LogP contribution < -0.4 is 0 Å². The molecule has 4 rings (SSSR count). The third-order valence-electron chi connectivity index (χ3n) is 6.10. The smallest absolute Gasteiger partial charge is 0.328 e. The Hall–Kier alpha value is -4.01. The van der Waals surface area contributed by atoms with E-state index in [1.54, 1.807) is 43.1 Å². The summed E-state index contributed by atoms with van der Waals surface area (Å²) < 4.78 is 15.9. The van der Waals surface area contributed by atoms with Crippen molar-refractivity contribution in [2.75, 3.05) is 39.8 Å². The lowest BCUT2D eigenvalue weighted by Crippen LogP contribution is -2.52. The number of halogens is 1. The minimum atomic E-state index is -0.886. The van der Waals surface area contributed by atoms with E-state index in [0.717, 1.165) is 0 Å². The molecule has 1 aromatic heterocycles. The summed E-state index contributed by atoms with van der Waals surface area (Å²) in [7, 11) is 1.59. The van der Waals surface area contributed by atoms with E-state index >= 15 is 0 Å². The Bertz CT molecular complexity index is 1260. The summed E-state index contributed by atoms with van der Waals surface area (Å²) >= 11 is 0. The van der Waals surface area contributed by atoms with Crippen LogP contribution in [0.3, 0.4) is 0 Å². The predicted molar refractivity (Wildman–Crippen MR) is 124 cm³/mol. The van der Waals surface area contributed by atoms with Crippen molar-refractivity contribution in [3.05, 3.63) is 71.7 Å². The Morgan fingerprint density at radius 1 is 0.912 bits per heavy atom. The van der Waals surface area contributed by atoms with Crippen molar-refractivity contribution >= 4 is 34.5 Å². The highest BCUT2D eigenvalue weighted by Gasteiger charge is 2.32. The highest BCUT2D eigenvalue weighted by Crippen LogP contribution is 2.26. The van der Waals surface area contributed by atoms with Crippen molar-refractivity contribution in [1.29, 1.82) is 0 Å². The van der Waals surface area contributed by atoms with Gasteiger partial charge in [-0.2, -0.15) is 0 Å². The quantitative estimate of drug-likeness (QED) is 0.439. The molecule has 1 fully saturated rings. The number of piperazine rings is 1. The number of fused-ring (bicyclic) bond motifs is 1. The van der Waals surface area contributed by atoms with Crippen LogP contribution in [0.4, 0.5) is 9.18 Å². The van der Waals surface area contributed by atoms with Gasteiger partial charge in [0.2, 0.25) is 0 Å². The van der Waals surface area contributed by atoms with Crippen LogP contribution >= 0.6 is 0 Å². The minimum absolute atomic E-state index is 0.0587. The molecule has 3 aromatic rings. The van der Waals surface area contributed by atoms with Crippen LogP contribution in [0.2, 0.25) is 0 Å². The van der Waals surface area contributed by atoms with E-state index in [0.29, 0.717) is 12.1 Å². The number of carbonyl (C=O) groups is 4. The van der Waals surface area contributed by atoms with Gasteiger partial charge in [0.05, 0.1) is 11.1 Å². The molecule has 0 saturated carbocycles. The fourth-order valence-electron chi connectivity index (χ4n) is 4.03. The molecule has 0 radical (unpaired) electrons. The number of benzene rings is 2. The monoisotopic (exact) mass is 464 g/mol. The summed E-state index contributed by atoms with van der Waals surface area (Å²) in [6, 6.07) is 12.6. The summed E-state index contributed by atoms with van der Waals surface area (Å²) in [5.74, 6) is -2.49. The molecule has 0 unspecified atom stereocenters. The fourth-order valence-corrected chi connectivity index (χ4v) is 4.03. The first kappa shape index (κ1) is 23.2. The maximum Gasteiger partial charge on any atom is 0.328 e. The van der Waals surface area contributed by atoms with E-state index in [9.17, 15) is 23.6 Å². The second-order valence-electron chi connectivity index (χ2n) is 8.12. The van der Waals surface area contributed by atoms with Gasteiger partial charge in [-0.25, -0.2) is 9.18 Å². The zero-order chi connectivity index (χ0) is 24.4. The molecule has 1 saturated heterocycles. The van der Waals surface area contributed by atoms with Crippen LogP contribution in [0.1, 0.15) is 27.6 Å². The molecule has 176 valence electrons. The van der Waals surface area contributed by atoms with E-state index in [1.165, 1.54) is 38.8 Å². The van der Waals surface area contributed by atoms with E-state index in [2.05, 4.69) is 0 Å². The number of aromatic nitrogens is 1. The highest BCUT2D eigenvalue weighted by molar-refractivity contribution is 6.45. The van der Waals surface area contributed by atoms with E-state index < -0.39 is 23.5 Å². The molecular weight excluding hydrogens is 439 g/mol. The first-order valence-electron chi connectivity index (χ1n) is 11.1. The molecule has 2 aromatic carbocycles. The van der Waals surface area contributed by atoms with E-state index in [1.807, 2.05) is 6.07 Å². The molecule has 34 heavy (non-hydrogen) atoms. The minimum Gasteiger partial charge on any atom is -0.335 e. The van der Waals surface area contributed by atoms with Crippen LogP contribution in [-0.2, 0) is 4.79 Å². The molecule has 3 amide bonds. The second-order valence-corrected chi connectivity index (χ2v) is 8.12. The van der Waals surface area contributed by atoms with Crippen molar-refractivity contribution in [1.82, 2.24) is 19.3 Å². The van der Waals surface area contributed by atoms with Gasteiger partial charge in [0, 0.05) is 56.9 Å². The number of nitrogens with zero attached hydrogens (tertiary/aromatic N) is 4. The third-order valence-corrected chi connectivity index (χ3v) is 6.10. The van der Waals surface area contributed by atoms with Crippen molar-refractivity contribution in [3.63, 3.8) is 0 Å². The van der Waals surface area contributed by atoms with Gasteiger partial charge in [0.15, 0.2) is 0 Å². The lowest BCUT2D eigenvalue weighted by molar-refractivity contribution is -0.127. The first-order valence-corrected chi connectivity index (χ1v) is 11.1. The molecule has 1 aliphatic heterocycles. The molecule has 0 spiro atoms. The lowest BCUT2D eigenvalue weighted by atomic mass is 10.1. The Morgan fingerprint density at radius 3 is 2.21 bits per heavy atom. The number of Topliss-reactive ketones (excluding diaryl/α,β-unsaturated/α-hetero) is 1. The molecule has 0 bridgehead atoms. The van der Waals surface area contributed by atoms with E-state index in [-0.39, 0.29) is 48.6 Å². The van der Waals surface area contributed by atoms with Crippen LogP contribution in [-0.4, -0.2) is 82.7 Å². The molecule has 0 aliphatic carbocycles. The van der Waals surface area contributed by atoms with Crippen LogP contribution in [0.5, 0.6) is 0 Å². The van der Waals surface area contributed by atoms with Gasteiger partial charge in [0.25, 0.3) is 17.6 Å². The molecule has 9 heteroatoms. The molecule has 0 atom stereocenters. The summed E-state index contributed by atoms with van der Waals surface area (Å²) in [5, 5.41) is -0.0587. The molecule has 8 nitrogen and oxygen atoms in total. The zero-order valence-electron chi connectivity index (χ0n) is 19.0. The zero-order valence-corrected chi connectivity index (χ0v) is 19.0. The summed E-state index contributed by atoms with van der Waals surface area (Å²) in [5.41, 5.74) is 0.627. The average molecular weight is 464 g/mol. The first-order chi connectivity index (χ1) is 16.3. The van der Waals surface area contributed by atoms with Gasteiger partial charge in [-0.05, 0) is 31.2 Å². The number of carbonyl (C=O) groups excluding carboxylic acids is 4. The van der Waals surface area contributed by atoms with Crippen LogP contribution in [0.15, 0.2) is 54.7 Å². The fraction of sp³-hybridized carbons (Fsp3) is 0.280. The summed E-state index contributed by atoms with van der Waals surface area (Å²) in [6.07, 6.45) is 1.23. The van der Waals surface area contributed by atoms with Gasteiger partial charge < -0.3 is 14.7 Å². The molecular formula is C25H25FN4O4. The SMILES string of the molecule is CCN(C)C(=O)n1cc(C(=O)C(=O)N2CCN(C(=O)c3ccccc3)CC2)c2c(F)cccc21. The molecule has 1 aliphatic rings. The Balaban J connectivity index is 1.54. The van der Waals surface area contributed by atoms with Crippen molar-refractivity contribution in [2.45, 2.75) is 6.92 Å². The number of ketones is 1. The third kappa shape index (κ3) is 4.16. The Labute approximate surface area is 196 Å². The Kier molecular flexibility index (Phi) is 6.45. The van der Waals surface area contributed by atoms with Gasteiger partial charge in [-0.15, -0.1) is 0 Å². The topological polar surface area (TPSA) is 82.9 Å². The van der Waals surface area contributed by atoms with Crippen LogP contribution in [0, 0.1) is 5.82 Å². The van der Waals surface area contributed by atoms with Gasteiger partial charge >= 0.3 is 6.03 Å². The highest BCUT2D eigenvalue weighted by atomic mass is 19.1. The van der Waals surface area contributed by atoms with Crippen molar-refractivity contribution in [2.24, 2.45) is 0 Å². The van der Waals surface area contributed by atoms with Gasteiger partial charge in [-0.3, -0.25) is 19.0 Å². The standard InChI is InChI=1S/C25H25FN4O4/c1-3-27(2)25(34)30-16-18(21-19(26)10-7-11-20(21)30)22(31)24(33)29-14-12-28(13-15-29)23(32)17-8-5-4-6-9-17/h4-11,16H,3,12-15H2,1-2H3. The summed E-state index contributed by atoms with van der Waals surface area (Å²) in [4.78, 5) is 56.0. The maximum absolute atomic E-state index is 14.7. The van der Waals surface area contributed by atoms with E-state index in [4.69, 9.17) is 0 Å². The van der Waals surface area contributed by atoms with Gasteiger partial charge in [-0.1, -0.05) is 24.3 Å². The molecule has 0 N–H and O–H groups in total. The number of amides is 3. The van der Waals surface area contributed by atoms with Crippen molar-refractivity contribution < 1.29 is 23.6 Å². The largest absolute Gasteiger partial charge is 0.335 e. The average Bonchev–Trinajstić information content (AvgIpc) is 3.28. The summed E-state index contributed by atoms with van der Waals surface area (Å²) in [6.45, 7) is 3.14. The predicted octanol–water partition coefficient (Wildman–Crippen LogP) is 2.87. The maximum atomic E-state index is 14.7. The lowest BCUT2D eigenvalue weighted by Gasteiger charge is -2.34. The molecule has 2 heterocycles. The van der Waals surface area contributed by atoms with Gasteiger partial charge in [0.1, 0.15) is 5.82 Å². The number of hydrogen-bond donors (Lipinski definition) is 0.